The average molecular weight is 228 g/mol. The quantitative estimate of drug-likeness (QED) is 0.548. The van der Waals surface area contributed by atoms with Crippen LogP contribution in [0.4, 0.5) is 0 Å². The van der Waals surface area contributed by atoms with Crippen LogP contribution in [-0.4, -0.2) is 23.3 Å². The van der Waals surface area contributed by atoms with Crippen LogP contribution in [0.15, 0.2) is 22.1 Å². The molecule has 0 aliphatic rings. The highest BCUT2D eigenvalue weighted by Crippen LogP contribution is 2.17. The van der Waals surface area contributed by atoms with Crippen molar-refractivity contribution < 1.29 is 4.42 Å². The lowest BCUT2D eigenvalue weighted by atomic mass is 10.1. The molecule has 1 rings (SSSR count). The van der Waals surface area contributed by atoms with E-state index in [4.69, 9.17) is 4.42 Å². The largest absolute Gasteiger partial charge is 0.440 e. The third-order valence-corrected chi connectivity index (χ3v) is 3.26. The lowest BCUT2D eigenvalue weighted by Crippen LogP contribution is -2.28. The molecule has 0 spiro atoms. The Morgan fingerprint density at radius 1 is 1.53 bits per heavy atom. The fourth-order valence-electron chi connectivity index (χ4n) is 1.51. The Morgan fingerprint density at radius 2 is 2.40 bits per heavy atom. The van der Waals surface area contributed by atoms with Crippen molar-refractivity contribution in [1.82, 2.24) is 10.3 Å². The SMILES string of the molecule is CCNC(CC)CCCSc1ncco1. The van der Waals surface area contributed by atoms with Gasteiger partial charge in [-0.3, -0.25) is 0 Å². The van der Waals surface area contributed by atoms with Crippen molar-refractivity contribution in [1.29, 1.82) is 0 Å². The molecule has 0 aliphatic carbocycles. The second-order valence-corrected chi connectivity index (χ2v) is 4.50. The Balaban J connectivity index is 2.05. The summed E-state index contributed by atoms with van der Waals surface area (Å²) < 4.78 is 5.15. The first-order chi connectivity index (χ1) is 7.36. The van der Waals surface area contributed by atoms with Crippen LogP contribution in [0, 0.1) is 0 Å². The summed E-state index contributed by atoms with van der Waals surface area (Å²) in [7, 11) is 0. The summed E-state index contributed by atoms with van der Waals surface area (Å²) in [6, 6.07) is 0.667. The average Bonchev–Trinajstić information content (AvgIpc) is 2.75. The number of oxazole rings is 1. The van der Waals surface area contributed by atoms with Crippen LogP contribution in [0.5, 0.6) is 0 Å². The molecule has 1 aromatic rings. The molecule has 1 heterocycles. The maximum absolute atomic E-state index is 5.15. The number of nitrogens with one attached hydrogen (secondary N) is 1. The zero-order chi connectivity index (χ0) is 10.9. The van der Waals surface area contributed by atoms with Crippen LogP contribution in [0.25, 0.3) is 0 Å². The highest BCUT2D eigenvalue weighted by molar-refractivity contribution is 7.99. The number of hydrogen-bond acceptors (Lipinski definition) is 4. The molecule has 0 bridgehead atoms. The van der Waals surface area contributed by atoms with Gasteiger partial charge >= 0.3 is 0 Å². The molecule has 0 saturated carbocycles. The summed E-state index contributed by atoms with van der Waals surface area (Å²) in [5, 5.41) is 4.26. The lowest BCUT2D eigenvalue weighted by molar-refractivity contribution is 0.452. The highest BCUT2D eigenvalue weighted by atomic mass is 32.2. The van der Waals surface area contributed by atoms with Gasteiger partial charge in [0.25, 0.3) is 5.22 Å². The van der Waals surface area contributed by atoms with Gasteiger partial charge in [-0.25, -0.2) is 4.98 Å². The molecule has 0 saturated heterocycles. The van der Waals surface area contributed by atoms with Gasteiger partial charge in [-0.1, -0.05) is 25.6 Å². The second-order valence-electron chi connectivity index (χ2n) is 3.45. The van der Waals surface area contributed by atoms with E-state index in [1.165, 1.54) is 19.3 Å². The van der Waals surface area contributed by atoms with E-state index in [-0.39, 0.29) is 0 Å². The lowest BCUT2D eigenvalue weighted by Gasteiger charge is -2.14. The van der Waals surface area contributed by atoms with Crippen LogP contribution in [0.3, 0.4) is 0 Å². The molecule has 15 heavy (non-hydrogen) atoms. The van der Waals surface area contributed by atoms with Gasteiger partial charge in [0.15, 0.2) is 0 Å². The molecule has 0 aliphatic heterocycles. The molecule has 1 N–H and O–H groups in total. The monoisotopic (exact) mass is 228 g/mol. The summed E-state index contributed by atoms with van der Waals surface area (Å²) in [6.45, 7) is 5.45. The zero-order valence-electron chi connectivity index (χ0n) is 9.53. The van der Waals surface area contributed by atoms with Crippen molar-refractivity contribution in [3.63, 3.8) is 0 Å². The number of aromatic nitrogens is 1. The topological polar surface area (TPSA) is 38.1 Å². The summed E-state index contributed by atoms with van der Waals surface area (Å²) in [5.41, 5.74) is 0. The Bertz CT molecular complexity index is 239. The van der Waals surface area contributed by atoms with Gasteiger partial charge in [-0.15, -0.1) is 0 Å². The fraction of sp³-hybridized carbons (Fsp3) is 0.727. The Hall–Kier alpha value is -0.480. The third kappa shape index (κ3) is 5.23. The van der Waals surface area contributed by atoms with Gasteiger partial charge in [0.2, 0.25) is 0 Å². The minimum Gasteiger partial charge on any atom is -0.440 e. The van der Waals surface area contributed by atoms with Crippen LogP contribution in [-0.2, 0) is 0 Å². The Kier molecular flexibility index (Phi) is 6.52. The number of rotatable bonds is 8. The van der Waals surface area contributed by atoms with Gasteiger partial charge < -0.3 is 9.73 Å². The second kappa shape index (κ2) is 7.77. The zero-order valence-corrected chi connectivity index (χ0v) is 10.3. The van der Waals surface area contributed by atoms with E-state index < -0.39 is 0 Å². The molecule has 3 nitrogen and oxygen atoms in total. The molecule has 4 heteroatoms. The van der Waals surface area contributed by atoms with Crippen LogP contribution >= 0.6 is 11.8 Å². The summed E-state index contributed by atoms with van der Waals surface area (Å²) in [4.78, 5) is 4.07. The van der Waals surface area contributed by atoms with Crippen molar-refractivity contribution in [2.45, 2.75) is 44.4 Å². The van der Waals surface area contributed by atoms with E-state index in [0.29, 0.717) is 6.04 Å². The molecule has 1 atom stereocenters. The standard InChI is InChI=1S/C11H20N2OS/c1-3-10(12-4-2)6-5-9-15-11-13-7-8-14-11/h7-8,10,12H,3-6,9H2,1-2H3. The molecule has 0 aromatic carbocycles. The first kappa shape index (κ1) is 12.6. The van der Waals surface area contributed by atoms with E-state index in [9.17, 15) is 0 Å². The van der Waals surface area contributed by atoms with Gasteiger partial charge in [0.1, 0.15) is 6.26 Å². The van der Waals surface area contributed by atoms with E-state index in [1.54, 1.807) is 24.2 Å². The van der Waals surface area contributed by atoms with Gasteiger partial charge in [-0.2, -0.15) is 0 Å². The van der Waals surface area contributed by atoms with Crippen molar-refractivity contribution in [3.05, 3.63) is 12.5 Å². The molecular formula is C11H20N2OS. The first-order valence-electron chi connectivity index (χ1n) is 5.62. The molecule has 1 unspecified atom stereocenters. The maximum atomic E-state index is 5.15. The maximum Gasteiger partial charge on any atom is 0.255 e. The fourth-order valence-corrected chi connectivity index (χ4v) is 2.25. The van der Waals surface area contributed by atoms with E-state index in [2.05, 4.69) is 24.1 Å². The summed E-state index contributed by atoms with van der Waals surface area (Å²) in [5.74, 6) is 1.09. The third-order valence-electron chi connectivity index (χ3n) is 2.32. The molecule has 0 amide bonds. The number of thioether (sulfide) groups is 1. The number of hydrogen-bond donors (Lipinski definition) is 1. The van der Waals surface area contributed by atoms with Gasteiger partial charge in [-0.05, 0) is 25.8 Å². The van der Waals surface area contributed by atoms with Gasteiger partial charge in [0, 0.05) is 11.8 Å². The molecule has 0 radical (unpaired) electrons. The Labute approximate surface area is 96.0 Å². The Morgan fingerprint density at radius 3 is 3.00 bits per heavy atom. The van der Waals surface area contributed by atoms with E-state index >= 15 is 0 Å². The minimum atomic E-state index is 0.667. The van der Waals surface area contributed by atoms with Crippen LogP contribution in [0.1, 0.15) is 33.1 Å². The van der Waals surface area contributed by atoms with E-state index in [0.717, 1.165) is 17.5 Å². The molecule has 0 fully saturated rings. The van der Waals surface area contributed by atoms with Crippen molar-refractivity contribution >= 4 is 11.8 Å². The summed E-state index contributed by atoms with van der Waals surface area (Å²) >= 11 is 1.69. The minimum absolute atomic E-state index is 0.667. The van der Waals surface area contributed by atoms with Crippen LogP contribution < -0.4 is 5.32 Å². The normalized spacial score (nSPS) is 12.9. The van der Waals surface area contributed by atoms with Crippen molar-refractivity contribution in [2.24, 2.45) is 0 Å². The molecule has 86 valence electrons. The predicted molar refractivity (Wildman–Crippen MR) is 64.2 cm³/mol. The van der Waals surface area contributed by atoms with E-state index in [1.807, 2.05) is 0 Å². The van der Waals surface area contributed by atoms with Gasteiger partial charge in [0.05, 0.1) is 6.20 Å². The van der Waals surface area contributed by atoms with Crippen molar-refractivity contribution in [3.8, 4) is 0 Å². The highest BCUT2D eigenvalue weighted by Gasteiger charge is 2.04. The van der Waals surface area contributed by atoms with Crippen LogP contribution in [0.2, 0.25) is 0 Å². The summed E-state index contributed by atoms with van der Waals surface area (Å²) in [6.07, 6.45) is 6.96. The molecule has 1 aromatic heterocycles. The first-order valence-corrected chi connectivity index (χ1v) is 6.61. The predicted octanol–water partition coefficient (Wildman–Crippen LogP) is 2.94. The van der Waals surface area contributed by atoms with Crippen molar-refractivity contribution in [2.75, 3.05) is 12.3 Å². The molecular weight excluding hydrogens is 208 g/mol. The smallest absolute Gasteiger partial charge is 0.255 e. The number of nitrogens with zero attached hydrogens (tertiary/aromatic N) is 1.